The fourth-order valence-electron chi connectivity index (χ4n) is 3.45. The van der Waals surface area contributed by atoms with Gasteiger partial charge in [0.15, 0.2) is 5.16 Å². The van der Waals surface area contributed by atoms with Crippen molar-refractivity contribution < 1.29 is 9.53 Å². The summed E-state index contributed by atoms with van der Waals surface area (Å²) < 4.78 is 7.53. The van der Waals surface area contributed by atoms with Crippen molar-refractivity contribution in [1.29, 1.82) is 0 Å². The van der Waals surface area contributed by atoms with Gasteiger partial charge in [-0.3, -0.25) is 14.2 Å². The normalized spacial score (nSPS) is 14.3. The molecule has 1 aliphatic rings. The standard InChI is InChI=1S/C21H23N3O3S2/c1-27-16-7-5-15(6-8-16)13-24-20(26)19-17(9-12-28-19)22-21(24)29-14-18(25)23-10-3-2-4-11-23/h5-9,12H,2-4,10-11,13-14H2,1H3. The third-order valence-electron chi connectivity index (χ3n) is 5.06. The van der Waals surface area contributed by atoms with Gasteiger partial charge in [-0.2, -0.15) is 0 Å². The SMILES string of the molecule is COc1ccc(Cn2c(SCC(=O)N3CCCCC3)nc3ccsc3c2=O)cc1. The molecule has 0 saturated carbocycles. The number of methoxy groups -OCH3 is 1. The molecule has 1 aromatic carbocycles. The largest absolute Gasteiger partial charge is 0.497 e. The van der Waals surface area contributed by atoms with Crippen LogP contribution in [0.25, 0.3) is 10.2 Å². The predicted octanol–water partition coefficient (Wildman–Crippen LogP) is 3.62. The number of carbonyl (C=O) groups excluding carboxylic acids is 1. The van der Waals surface area contributed by atoms with Crippen molar-refractivity contribution in [2.75, 3.05) is 26.0 Å². The maximum absolute atomic E-state index is 13.1. The minimum atomic E-state index is -0.0614. The molecule has 0 bridgehead atoms. The van der Waals surface area contributed by atoms with E-state index in [0.29, 0.717) is 27.7 Å². The van der Waals surface area contributed by atoms with Crippen LogP contribution >= 0.6 is 23.1 Å². The van der Waals surface area contributed by atoms with Crippen molar-refractivity contribution in [3.63, 3.8) is 0 Å². The van der Waals surface area contributed by atoms with Crippen molar-refractivity contribution in [3.05, 3.63) is 51.6 Å². The number of nitrogens with zero attached hydrogens (tertiary/aromatic N) is 3. The van der Waals surface area contributed by atoms with E-state index < -0.39 is 0 Å². The summed E-state index contributed by atoms with van der Waals surface area (Å²) in [6.07, 6.45) is 3.32. The smallest absolute Gasteiger partial charge is 0.272 e. The van der Waals surface area contributed by atoms with Crippen molar-refractivity contribution in [1.82, 2.24) is 14.5 Å². The highest BCUT2D eigenvalue weighted by Crippen LogP contribution is 2.23. The fraction of sp³-hybridized carbons (Fsp3) is 0.381. The van der Waals surface area contributed by atoms with Crippen LogP contribution in [-0.2, 0) is 11.3 Å². The van der Waals surface area contributed by atoms with E-state index in [0.717, 1.165) is 37.2 Å². The average Bonchev–Trinajstić information content (AvgIpc) is 3.24. The number of hydrogen-bond donors (Lipinski definition) is 0. The lowest BCUT2D eigenvalue weighted by Gasteiger charge is -2.26. The summed E-state index contributed by atoms with van der Waals surface area (Å²) in [7, 11) is 1.63. The minimum Gasteiger partial charge on any atom is -0.497 e. The number of thioether (sulfide) groups is 1. The van der Waals surface area contributed by atoms with Gasteiger partial charge < -0.3 is 9.64 Å². The Labute approximate surface area is 177 Å². The van der Waals surface area contributed by atoms with E-state index in [1.54, 1.807) is 11.7 Å². The van der Waals surface area contributed by atoms with Crippen LogP contribution in [0.2, 0.25) is 0 Å². The second-order valence-electron chi connectivity index (χ2n) is 7.00. The van der Waals surface area contributed by atoms with Gasteiger partial charge in [0.2, 0.25) is 5.91 Å². The van der Waals surface area contributed by atoms with E-state index in [2.05, 4.69) is 4.98 Å². The molecule has 3 aromatic rings. The monoisotopic (exact) mass is 429 g/mol. The van der Waals surface area contributed by atoms with Crippen LogP contribution < -0.4 is 10.3 Å². The van der Waals surface area contributed by atoms with Crippen LogP contribution in [0, 0.1) is 0 Å². The van der Waals surface area contributed by atoms with E-state index in [4.69, 9.17) is 4.74 Å². The van der Waals surface area contributed by atoms with Gasteiger partial charge in [-0.05, 0) is 48.4 Å². The molecule has 1 fully saturated rings. The lowest BCUT2D eigenvalue weighted by Crippen LogP contribution is -2.37. The third-order valence-corrected chi connectivity index (χ3v) is 6.92. The molecular weight excluding hydrogens is 406 g/mol. The average molecular weight is 430 g/mol. The Kier molecular flexibility index (Phi) is 6.20. The molecule has 6 nitrogen and oxygen atoms in total. The van der Waals surface area contributed by atoms with E-state index in [1.165, 1.54) is 29.5 Å². The summed E-state index contributed by atoms with van der Waals surface area (Å²) in [6.45, 7) is 2.06. The second-order valence-corrected chi connectivity index (χ2v) is 8.86. The van der Waals surface area contributed by atoms with Gasteiger partial charge in [0.1, 0.15) is 10.4 Å². The Bertz CT molecular complexity index is 1050. The molecule has 8 heteroatoms. The number of fused-ring (bicyclic) bond motifs is 1. The quantitative estimate of drug-likeness (QED) is 0.442. The van der Waals surface area contributed by atoms with Gasteiger partial charge in [-0.25, -0.2) is 4.98 Å². The van der Waals surface area contributed by atoms with Gasteiger partial charge in [-0.1, -0.05) is 23.9 Å². The Balaban J connectivity index is 1.60. The van der Waals surface area contributed by atoms with Gasteiger partial charge >= 0.3 is 0 Å². The topological polar surface area (TPSA) is 64.4 Å². The predicted molar refractivity (Wildman–Crippen MR) is 117 cm³/mol. The first-order chi connectivity index (χ1) is 14.2. The summed E-state index contributed by atoms with van der Waals surface area (Å²) in [6, 6.07) is 9.50. The first kappa shape index (κ1) is 20.0. The van der Waals surface area contributed by atoms with Gasteiger partial charge in [0.25, 0.3) is 5.56 Å². The molecular formula is C21H23N3O3S2. The zero-order valence-corrected chi connectivity index (χ0v) is 17.9. The van der Waals surface area contributed by atoms with Crippen LogP contribution in [0.4, 0.5) is 0 Å². The summed E-state index contributed by atoms with van der Waals surface area (Å²) in [5.74, 6) is 1.19. The van der Waals surface area contributed by atoms with E-state index in [1.807, 2.05) is 40.6 Å². The number of thiophene rings is 1. The van der Waals surface area contributed by atoms with Gasteiger partial charge in [0.05, 0.1) is 24.9 Å². The van der Waals surface area contributed by atoms with Crippen LogP contribution in [0.1, 0.15) is 24.8 Å². The van der Waals surface area contributed by atoms with Crippen LogP contribution in [-0.4, -0.2) is 46.3 Å². The van der Waals surface area contributed by atoms with E-state index in [-0.39, 0.29) is 11.5 Å². The van der Waals surface area contributed by atoms with Crippen molar-refractivity contribution in [2.45, 2.75) is 31.0 Å². The molecule has 0 atom stereocenters. The van der Waals surface area contributed by atoms with Gasteiger partial charge in [-0.15, -0.1) is 11.3 Å². The van der Waals surface area contributed by atoms with E-state index >= 15 is 0 Å². The summed E-state index contributed by atoms with van der Waals surface area (Å²) in [5.41, 5.74) is 1.61. The molecule has 152 valence electrons. The molecule has 3 heterocycles. The maximum atomic E-state index is 13.1. The number of carbonyl (C=O) groups is 1. The highest BCUT2D eigenvalue weighted by atomic mass is 32.2. The molecule has 4 rings (SSSR count). The Morgan fingerprint density at radius 2 is 1.93 bits per heavy atom. The van der Waals surface area contributed by atoms with E-state index in [9.17, 15) is 9.59 Å². The highest BCUT2D eigenvalue weighted by molar-refractivity contribution is 7.99. The van der Waals surface area contributed by atoms with Crippen LogP contribution in [0.15, 0.2) is 45.7 Å². The van der Waals surface area contributed by atoms with Crippen molar-refractivity contribution in [2.24, 2.45) is 0 Å². The number of hydrogen-bond acceptors (Lipinski definition) is 6. The van der Waals surface area contributed by atoms with Crippen LogP contribution in [0.5, 0.6) is 5.75 Å². The minimum absolute atomic E-state index is 0.0614. The number of rotatable bonds is 6. The molecule has 1 amide bonds. The number of benzene rings is 1. The number of likely N-dealkylation sites (tertiary alicyclic amines) is 1. The summed E-state index contributed by atoms with van der Waals surface area (Å²) >= 11 is 2.75. The molecule has 1 saturated heterocycles. The Morgan fingerprint density at radius 1 is 1.17 bits per heavy atom. The Morgan fingerprint density at radius 3 is 2.66 bits per heavy atom. The molecule has 29 heavy (non-hydrogen) atoms. The molecule has 2 aromatic heterocycles. The molecule has 0 spiro atoms. The van der Waals surface area contributed by atoms with Crippen molar-refractivity contribution >= 4 is 39.2 Å². The van der Waals surface area contributed by atoms with Gasteiger partial charge in [0, 0.05) is 13.1 Å². The lowest BCUT2D eigenvalue weighted by molar-refractivity contribution is -0.129. The maximum Gasteiger partial charge on any atom is 0.272 e. The number of aromatic nitrogens is 2. The van der Waals surface area contributed by atoms with Crippen LogP contribution in [0.3, 0.4) is 0 Å². The third kappa shape index (κ3) is 4.48. The zero-order chi connectivity index (χ0) is 20.2. The fourth-order valence-corrected chi connectivity index (χ4v) is 5.13. The number of amides is 1. The second kappa shape index (κ2) is 9.00. The van der Waals surface area contributed by atoms with Crippen molar-refractivity contribution in [3.8, 4) is 5.75 Å². The molecule has 1 aliphatic heterocycles. The lowest BCUT2D eigenvalue weighted by atomic mass is 10.1. The number of piperidine rings is 1. The first-order valence-corrected chi connectivity index (χ1v) is 11.5. The number of ether oxygens (including phenoxy) is 1. The molecule has 0 N–H and O–H groups in total. The highest BCUT2D eigenvalue weighted by Gasteiger charge is 2.19. The molecule has 0 radical (unpaired) electrons. The summed E-state index contributed by atoms with van der Waals surface area (Å²) in [5, 5.41) is 2.46. The molecule has 0 unspecified atom stereocenters. The first-order valence-electron chi connectivity index (χ1n) is 9.67. The summed E-state index contributed by atoms with van der Waals surface area (Å²) in [4.78, 5) is 32.3. The molecule has 0 aliphatic carbocycles. The Hall–Kier alpha value is -2.32. The zero-order valence-electron chi connectivity index (χ0n) is 16.3.